The first-order chi connectivity index (χ1) is 11.1. The Morgan fingerprint density at radius 2 is 2.26 bits per heavy atom. The van der Waals surface area contributed by atoms with Gasteiger partial charge in [0.25, 0.3) is 17.3 Å². The standard InChI is InChI=1S/C16H16FN3O3/c17-13-6-2-8-19-15(13)23-11-4-3-9-20(10-11)16(22)12-5-1-7-18-14(12)21/h1-2,5-8,11H,3-4,9-10H2,(H,18,21)/t11-/m1/s1. The number of aromatic amines is 1. The molecule has 0 saturated carbocycles. The Morgan fingerprint density at radius 3 is 3.04 bits per heavy atom. The number of pyridine rings is 2. The zero-order chi connectivity index (χ0) is 16.2. The average molecular weight is 317 g/mol. The Kier molecular flexibility index (Phi) is 4.36. The number of hydrogen-bond donors (Lipinski definition) is 1. The molecule has 0 bridgehead atoms. The predicted molar refractivity (Wildman–Crippen MR) is 80.8 cm³/mol. The summed E-state index contributed by atoms with van der Waals surface area (Å²) < 4.78 is 19.2. The van der Waals surface area contributed by atoms with Crippen molar-refractivity contribution in [2.24, 2.45) is 0 Å². The number of H-pyrrole nitrogens is 1. The lowest BCUT2D eigenvalue weighted by Crippen LogP contribution is -2.45. The summed E-state index contributed by atoms with van der Waals surface area (Å²) in [7, 11) is 0. The minimum atomic E-state index is -0.532. The zero-order valence-corrected chi connectivity index (χ0v) is 12.4. The van der Waals surface area contributed by atoms with Gasteiger partial charge in [-0.3, -0.25) is 9.59 Å². The second-order valence-electron chi connectivity index (χ2n) is 5.34. The van der Waals surface area contributed by atoms with Crippen LogP contribution in [0.3, 0.4) is 0 Å². The summed E-state index contributed by atoms with van der Waals surface area (Å²) >= 11 is 0. The van der Waals surface area contributed by atoms with E-state index in [0.717, 1.165) is 6.42 Å². The second kappa shape index (κ2) is 6.60. The van der Waals surface area contributed by atoms with Crippen LogP contribution in [-0.2, 0) is 0 Å². The lowest BCUT2D eigenvalue weighted by Gasteiger charge is -2.32. The minimum Gasteiger partial charge on any atom is -0.470 e. The SMILES string of the molecule is O=C(c1ccc[nH]c1=O)N1CCC[C@@H](Oc2ncccc2F)C1. The van der Waals surface area contributed by atoms with Crippen LogP contribution in [0.2, 0.25) is 0 Å². The Balaban J connectivity index is 1.71. The fraction of sp³-hybridized carbons (Fsp3) is 0.312. The van der Waals surface area contributed by atoms with Gasteiger partial charge in [-0.2, -0.15) is 0 Å². The molecule has 23 heavy (non-hydrogen) atoms. The number of ether oxygens (including phenoxy) is 1. The molecule has 1 fully saturated rings. The minimum absolute atomic E-state index is 0.0654. The lowest BCUT2D eigenvalue weighted by atomic mass is 10.1. The average Bonchev–Trinajstić information content (AvgIpc) is 2.57. The molecule has 1 saturated heterocycles. The maximum absolute atomic E-state index is 13.6. The monoisotopic (exact) mass is 317 g/mol. The highest BCUT2D eigenvalue weighted by Gasteiger charge is 2.27. The number of likely N-dealkylation sites (tertiary alicyclic amines) is 1. The van der Waals surface area contributed by atoms with Gasteiger partial charge in [0.1, 0.15) is 11.7 Å². The maximum atomic E-state index is 13.6. The largest absolute Gasteiger partial charge is 0.470 e. The summed E-state index contributed by atoms with van der Waals surface area (Å²) in [4.78, 5) is 32.1. The van der Waals surface area contributed by atoms with Crippen LogP contribution in [0.5, 0.6) is 5.88 Å². The predicted octanol–water partition coefficient (Wildman–Crippen LogP) is 1.59. The van der Waals surface area contributed by atoms with Crippen LogP contribution in [0.1, 0.15) is 23.2 Å². The van der Waals surface area contributed by atoms with Crippen molar-refractivity contribution >= 4 is 5.91 Å². The molecule has 120 valence electrons. The summed E-state index contributed by atoms with van der Waals surface area (Å²) in [5, 5.41) is 0. The first-order valence-electron chi connectivity index (χ1n) is 7.39. The molecule has 1 aliphatic rings. The van der Waals surface area contributed by atoms with Crippen molar-refractivity contribution in [2.75, 3.05) is 13.1 Å². The van der Waals surface area contributed by atoms with Crippen LogP contribution in [0.15, 0.2) is 41.5 Å². The fourth-order valence-electron chi connectivity index (χ4n) is 2.59. The van der Waals surface area contributed by atoms with Gasteiger partial charge in [-0.15, -0.1) is 0 Å². The van der Waals surface area contributed by atoms with Gasteiger partial charge in [0.15, 0.2) is 5.82 Å². The van der Waals surface area contributed by atoms with Gasteiger partial charge in [0.2, 0.25) is 0 Å². The Hall–Kier alpha value is -2.70. The summed E-state index contributed by atoms with van der Waals surface area (Å²) in [5.74, 6) is -0.943. The van der Waals surface area contributed by atoms with E-state index in [1.165, 1.54) is 30.6 Å². The fourth-order valence-corrected chi connectivity index (χ4v) is 2.59. The van der Waals surface area contributed by atoms with Crippen LogP contribution in [0.25, 0.3) is 0 Å². The van der Waals surface area contributed by atoms with Gasteiger partial charge in [-0.05, 0) is 37.1 Å². The molecule has 0 aromatic carbocycles. The highest BCUT2D eigenvalue weighted by molar-refractivity contribution is 5.93. The molecule has 1 atom stereocenters. The summed E-state index contributed by atoms with van der Waals surface area (Å²) in [6, 6.07) is 5.86. The van der Waals surface area contributed by atoms with E-state index in [-0.39, 0.29) is 23.5 Å². The quantitative estimate of drug-likeness (QED) is 0.933. The smallest absolute Gasteiger partial charge is 0.260 e. The van der Waals surface area contributed by atoms with Crippen LogP contribution in [-0.4, -0.2) is 40.0 Å². The van der Waals surface area contributed by atoms with Crippen LogP contribution < -0.4 is 10.3 Å². The molecule has 2 aromatic rings. The Labute approximate surface area is 131 Å². The van der Waals surface area contributed by atoms with Gasteiger partial charge >= 0.3 is 0 Å². The number of hydrogen-bond acceptors (Lipinski definition) is 4. The summed E-state index contributed by atoms with van der Waals surface area (Å²) in [6.45, 7) is 0.834. The molecule has 1 N–H and O–H groups in total. The first-order valence-corrected chi connectivity index (χ1v) is 7.39. The highest BCUT2D eigenvalue weighted by Crippen LogP contribution is 2.19. The number of piperidine rings is 1. The lowest BCUT2D eigenvalue weighted by molar-refractivity contribution is 0.0516. The van der Waals surface area contributed by atoms with Crippen LogP contribution in [0, 0.1) is 5.82 Å². The Bertz CT molecular complexity index is 762. The zero-order valence-electron chi connectivity index (χ0n) is 12.4. The van der Waals surface area contributed by atoms with E-state index in [2.05, 4.69) is 9.97 Å². The van der Waals surface area contributed by atoms with Crippen molar-refractivity contribution in [1.82, 2.24) is 14.9 Å². The number of amides is 1. The van der Waals surface area contributed by atoms with Gasteiger partial charge < -0.3 is 14.6 Å². The van der Waals surface area contributed by atoms with E-state index in [0.29, 0.717) is 19.5 Å². The molecule has 3 rings (SSSR count). The molecule has 3 heterocycles. The highest BCUT2D eigenvalue weighted by atomic mass is 19.1. The van der Waals surface area contributed by atoms with Crippen molar-refractivity contribution < 1.29 is 13.9 Å². The number of aromatic nitrogens is 2. The van der Waals surface area contributed by atoms with Crippen molar-refractivity contribution in [3.05, 3.63) is 58.4 Å². The van der Waals surface area contributed by atoms with E-state index in [9.17, 15) is 14.0 Å². The molecule has 6 nitrogen and oxygen atoms in total. The number of carbonyl (C=O) groups excluding carboxylic acids is 1. The summed E-state index contributed by atoms with van der Waals surface area (Å²) in [6.07, 6.45) is 4.00. The molecule has 1 amide bonds. The van der Waals surface area contributed by atoms with Crippen molar-refractivity contribution in [3.8, 4) is 5.88 Å². The number of nitrogens with one attached hydrogen (secondary N) is 1. The van der Waals surface area contributed by atoms with Crippen LogP contribution in [0.4, 0.5) is 4.39 Å². The molecule has 7 heteroatoms. The maximum Gasteiger partial charge on any atom is 0.260 e. The van der Waals surface area contributed by atoms with Gasteiger partial charge in [-0.25, -0.2) is 9.37 Å². The van der Waals surface area contributed by atoms with Gasteiger partial charge in [0, 0.05) is 18.9 Å². The number of halogens is 1. The van der Waals surface area contributed by atoms with Crippen molar-refractivity contribution in [1.29, 1.82) is 0 Å². The van der Waals surface area contributed by atoms with Crippen molar-refractivity contribution in [2.45, 2.75) is 18.9 Å². The molecule has 1 aliphatic heterocycles. The number of rotatable bonds is 3. The third-order valence-corrected chi connectivity index (χ3v) is 3.72. The molecule has 0 aliphatic carbocycles. The molecule has 2 aromatic heterocycles. The van der Waals surface area contributed by atoms with E-state index >= 15 is 0 Å². The normalized spacial score (nSPS) is 17.8. The topological polar surface area (TPSA) is 75.3 Å². The molecule has 0 unspecified atom stereocenters. The van der Waals surface area contributed by atoms with Crippen molar-refractivity contribution in [3.63, 3.8) is 0 Å². The molecular weight excluding hydrogens is 301 g/mol. The number of carbonyl (C=O) groups is 1. The Morgan fingerprint density at radius 1 is 1.39 bits per heavy atom. The number of nitrogens with zero attached hydrogens (tertiary/aromatic N) is 2. The van der Waals surface area contributed by atoms with Crippen LogP contribution >= 0.6 is 0 Å². The van der Waals surface area contributed by atoms with E-state index in [1.54, 1.807) is 11.0 Å². The summed E-state index contributed by atoms with van der Waals surface area (Å²) in [5.41, 5.74) is -0.325. The third kappa shape index (κ3) is 3.39. The third-order valence-electron chi connectivity index (χ3n) is 3.72. The van der Waals surface area contributed by atoms with E-state index < -0.39 is 11.4 Å². The second-order valence-corrected chi connectivity index (χ2v) is 5.34. The molecule has 0 radical (unpaired) electrons. The van der Waals surface area contributed by atoms with E-state index in [4.69, 9.17) is 4.74 Å². The molecular formula is C16H16FN3O3. The molecule has 0 spiro atoms. The van der Waals surface area contributed by atoms with Gasteiger partial charge in [0.05, 0.1) is 6.54 Å². The van der Waals surface area contributed by atoms with E-state index in [1.807, 2.05) is 0 Å². The van der Waals surface area contributed by atoms with Gasteiger partial charge in [-0.1, -0.05) is 0 Å². The first kappa shape index (κ1) is 15.2.